The third-order valence-corrected chi connectivity index (χ3v) is 6.00. The summed E-state index contributed by atoms with van der Waals surface area (Å²) in [7, 11) is 0. The first-order chi connectivity index (χ1) is 20.5. The van der Waals surface area contributed by atoms with Crippen molar-refractivity contribution in [2.24, 2.45) is 0 Å². The maximum absolute atomic E-state index is 13.0. The van der Waals surface area contributed by atoms with Crippen LogP contribution < -0.4 is 15.4 Å². The Kier molecular flexibility index (Phi) is 11.2. The van der Waals surface area contributed by atoms with Gasteiger partial charge in [0, 0.05) is 41.4 Å². The van der Waals surface area contributed by atoms with Gasteiger partial charge in [-0.25, -0.2) is 0 Å². The van der Waals surface area contributed by atoms with E-state index in [2.05, 4.69) is 27.6 Å². The quantitative estimate of drug-likeness (QED) is 0.128. The van der Waals surface area contributed by atoms with Crippen molar-refractivity contribution in [1.29, 1.82) is 5.26 Å². The summed E-state index contributed by atoms with van der Waals surface area (Å²) in [5, 5.41) is 35.6. The molecule has 1 fully saturated rings. The molecule has 4 rings (SSSR count). The number of nitriles is 1. The molecule has 0 radical (unpaired) electrons. The van der Waals surface area contributed by atoms with Gasteiger partial charge in [-0.05, 0) is 24.3 Å². The lowest BCUT2D eigenvalue weighted by Crippen LogP contribution is -2.27. The van der Waals surface area contributed by atoms with Gasteiger partial charge in [0.15, 0.2) is 0 Å². The van der Waals surface area contributed by atoms with Crippen molar-refractivity contribution >= 4 is 33.9 Å². The Morgan fingerprint density at radius 3 is 2.74 bits per heavy atom. The largest absolute Gasteiger partial charge is 0.486 e. The van der Waals surface area contributed by atoms with Crippen molar-refractivity contribution in [1.82, 2.24) is 10.2 Å². The van der Waals surface area contributed by atoms with Crippen molar-refractivity contribution in [3.8, 4) is 24.2 Å². The van der Waals surface area contributed by atoms with Crippen LogP contribution in [-0.4, -0.2) is 78.6 Å². The lowest BCUT2D eigenvalue weighted by Gasteiger charge is -2.19. The molecule has 4 N–H and O–H groups in total. The monoisotopic (exact) mass is 573 g/mol. The number of fused-ring (bicyclic) bond motifs is 1. The van der Waals surface area contributed by atoms with E-state index < -0.39 is 5.91 Å². The van der Waals surface area contributed by atoms with Gasteiger partial charge in [0.05, 0.1) is 68.6 Å². The van der Waals surface area contributed by atoms with Crippen LogP contribution in [0.3, 0.4) is 0 Å². The Labute approximate surface area is 243 Å². The molecule has 42 heavy (non-hydrogen) atoms. The first kappa shape index (κ1) is 30.4. The predicted molar refractivity (Wildman–Crippen MR) is 155 cm³/mol. The Morgan fingerprint density at radius 1 is 1.24 bits per heavy atom. The number of anilines is 3. The van der Waals surface area contributed by atoms with Crippen molar-refractivity contribution in [2.75, 3.05) is 56.8 Å². The van der Waals surface area contributed by atoms with Gasteiger partial charge in [-0.15, -0.1) is 6.42 Å². The van der Waals surface area contributed by atoms with Crippen LogP contribution in [0.1, 0.15) is 17.5 Å². The number of amides is 1. The molecule has 0 saturated carbocycles. The topological polar surface area (TPSA) is 158 Å². The number of nitrogens with zero attached hydrogens (tertiary/aromatic N) is 3. The number of pyridine rings is 1. The third-order valence-electron chi connectivity index (χ3n) is 6.00. The Bertz CT molecular complexity index is 1480. The van der Waals surface area contributed by atoms with Gasteiger partial charge >= 0.3 is 0 Å². The van der Waals surface area contributed by atoms with Crippen molar-refractivity contribution in [2.45, 2.75) is 12.5 Å². The summed E-state index contributed by atoms with van der Waals surface area (Å²) in [6, 6.07) is 12.8. The number of hydrogen-bond donors (Lipinski definition) is 4. The number of carbonyl (C=O) groups excluding carboxylic acids is 1. The zero-order valence-electron chi connectivity index (χ0n) is 22.8. The van der Waals surface area contributed by atoms with E-state index in [9.17, 15) is 10.1 Å². The van der Waals surface area contributed by atoms with Crippen molar-refractivity contribution in [3.05, 3.63) is 65.9 Å². The number of hydroxylamine groups is 2. The Morgan fingerprint density at radius 2 is 2.05 bits per heavy atom. The molecule has 0 bridgehead atoms. The lowest BCUT2D eigenvalue weighted by molar-refractivity contribution is -0.365. The molecule has 1 aliphatic heterocycles. The summed E-state index contributed by atoms with van der Waals surface area (Å²) < 4.78 is 11.6. The van der Waals surface area contributed by atoms with Crippen LogP contribution in [0.15, 0.2) is 54.7 Å². The molecule has 1 saturated heterocycles. The number of carbonyl (C=O) groups is 1. The molecule has 12 nitrogen and oxygen atoms in total. The summed E-state index contributed by atoms with van der Waals surface area (Å²) in [4.78, 5) is 27.9. The minimum atomic E-state index is -0.466. The van der Waals surface area contributed by atoms with Gasteiger partial charge in [-0.1, -0.05) is 23.3 Å². The van der Waals surface area contributed by atoms with Crippen LogP contribution in [-0.2, 0) is 19.2 Å². The number of aromatic nitrogens is 1. The van der Waals surface area contributed by atoms with Gasteiger partial charge < -0.3 is 30.3 Å². The summed E-state index contributed by atoms with van der Waals surface area (Å²) in [6.07, 6.45) is 10.3. The lowest BCUT2D eigenvalue weighted by atomic mass is 10.1. The molecular weight excluding hydrogens is 542 g/mol. The second kappa shape index (κ2) is 15.5. The first-order valence-electron chi connectivity index (χ1n) is 13.2. The summed E-state index contributed by atoms with van der Waals surface area (Å²) in [5.74, 6) is 2.53. The Balaban J connectivity index is 1.64. The molecule has 1 aromatic heterocycles. The molecule has 0 aliphatic carbocycles. The summed E-state index contributed by atoms with van der Waals surface area (Å²) >= 11 is 0. The highest BCUT2D eigenvalue weighted by molar-refractivity contribution is 6.04. The standard InChI is InChI=1S/C30H31N5O7/c1-2-21-5-3-6-23(15-21)33-30-22(18-31)19-32-26-17-28(42-24-8-12-39-20-24)27(16-25(26)30)34-29(38)7-4-9-35(40-13-10-36)41-14-11-37/h1,3-7,15-17,19,24,36-37H,8-14,20H2,(H,32,33)(H,34,38). The second-order valence-electron chi connectivity index (χ2n) is 9.00. The molecule has 0 spiro atoms. The SMILES string of the molecule is C#Cc1cccc(Nc2c(C#N)cnc3cc(OC4CCOC4)c(NC(=O)C=CCN(OCCO)OCCO)cc23)c1. The van der Waals surface area contributed by atoms with E-state index in [1.807, 2.05) is 12.1 Å². The first-order valence-corrected chi connectivity index (χ1v) is 13.2. The highest BCUT2D eigenvalue weighted by Gasteiger charge is 2.21. The van der Waals surface area contributed by atoms with Gasteiger partial charge in [0.1, 0.15) is 17.9 Å². The molecule has 2 heterocycles. The molecule has 2 aromatic carbocycles. The average Bonchev–Trinajstić information content (AvgIpc) is 3.52. The predicted octanol–water partition coefficient (Wildman–Crippen LogP) is 2.64. The zero-order valence-corrected chi connectivity index (χ0v) is 22.8. The average molecular weight is 574 g/mol. The Hall–Kier alpha value is -4.53. The van der Waals surface area contributed by atoms with Crippen LogP contribution in [0.4, 0.5) is 17.1 Å². The third kappa shape index (κ3) is 8.25. The fourth-order valence-electron chi connectivity index (χ4n) is 4.10. The van der Waals surface area contributed by atoms with E-state index in [-0.39, 0.29) is 39.1 Å². The second-order valence-corrected chi connectivity index (χ2v) is 9.00. The highest BCUT2D eigenvalue weighted by Crippen LogP contribution is 2.37. The van der Waals surface area contributed by atoms with Crippen LogP contribution in [0, 0.1) is 23.7 Å². The van der Waals surface area contributed by atoms with E-state index in [4.69, 9.17) is 35.8 Å². The molecule has 1 unspecified atom stereocenters. The summed E-state index contributed by atoms with van der Waals surface area (Å²) in [6.45, 7) is 0.552. The van der Waals surface area contributed by atoms with E-state index in [0.717, 1.165) is 5.23 Å². The van der Waals surface area contributed by atoms with Gasteiger partial charge in [0.25, 0.3) is 0 Å². The zero-order chi connectivity index (χ0) is 29.7. The van der Waals surface area contributed by atoms with Crippen LogP contribution in [0.25, 0.3) is 10.9 Å². The smallest absolute Gasteiger partial charge is 0.248 e. The number of nitrogens with one attached hydrogen (secondary N) is 2. The highest BCUT2D eigenvalue weighted by atomic mass is 16.9. The maximum Gasteiger partial charge on any atom is 0.248 e. The van der Waals surface area contributed by atoms with Crippen molar-refractivity contribution < 1.29 is 34.2 Å². The number of rotatable bonds is 14. The van der Waals surface area contributed by atoms with Crippen molar-refractivity contribution in [3.63, 3.8) is 0 Å². The van der Waals surface area contributed by atoms with Crippen LogP contribution in [0.5, 0.6) is 5.75 Å². The molecular formula is C30H31N5O7. The van der Waals surface area contributed by atoms with E-state index in [1.54, 1.807) is 24.3 Å². The van der Waals surface area contributed by atoms with Crippen LogP contribution >= 0.6 is 0 Å². The molecule has 1 atom stereocenters. The molecule has 1 amide bonds. The van der Waals surface area contributed by atoms with Gasteiger partial charge in [-0.3, -0.25) is 19.5 Å². The summed E-state index contributed by atoms with van der Waals surface area (Å²) in [5.41, 5.74) is 3.07. The maximum atomic E-state index is 13.0. The minimum Gasteiger partial charge on any atom is -0.486 e. The number of terminal acetylenes is 1. The van der Waals surface area contributed by atoms with Gasteiger partial charge in [-0.2, -0.15) is 5.26 Å². The normalized spacial score (nSPS) is 14.6. The van der Waals surface area contributed by atoms with E-state index in [0.29, 0.717) is 64.5 Å². The number of benzene rings is 2. The number of ether oxygens (including phenoxy) is 2. The molecule has 3 aromatic rings. The number of hydrogen-bond acceptors (Lipinski definition) is 11. The van der Waals surface area contributed by atoms with Crippen LogP contribution in [0.2, 0.25) is 0 Å². The number of aliphatic hydroxyl groups is 2. The fourth-order valence-corrected chi connectivity index (χ4v) is 4.10. The minimum absolute atomic E-state index is 0.0176. The van der Waals surface area contributed by atoms with E-state index in [1.165, 1.54) is 18.3 Å². The molecule has 1 aliphatic rings. The number of aliphatic hydroxyl groups excluding tert-OH is 2. The van der Waals surface area contributed by atoms with E-state index >= 15 is 0 Å². The molecule has 12 heteroatoms. The molecule has 218 valence electrons. The fraction of sp³-hybridized carbons (Fsp3) is 0.300. The van der Waals surface area contributed by atoms with Gasteiger partial charge in [0.2, 0.25) is 5.91 Å².